The number of unbranched alkanes of at least 4 members (excludes halogenated alkanes) is 10. The fourth-order valence-electron chi connectivity index (χ4n) is 8.37. The topological polar surface area (TPSA) is 34.1 Å². The van der Waals surface area contributed by atoms with Crippen molar-refractivity contribution in [3.05, 3.63) is 117 Å². The average Bonchev–Trinajstić information content (AvgIpc) is 4.03. The normalized spacial score (nSPS) is 16.0. The maximum atomic E-state index is 13.6. The first-order valence-corrected chi connectivity index (χ1v) is 23.5. The third-order valence-corrected chi connectivity index (χ3v) is 16.3. The summed E-state index contributed by atoms with van der Waals surface area (Å²) >= 11 is 7.48. The molecule has 3 aliphatic rings. The summed E-state index contributed by atoms with van der Waals surface area (Å²) in [6.45, 7) is 4.54. The maximum absolute atomic E-state index is 13.6. The van der Waals surface area contributed by atoms with E-state index in [1.54, 1.807) is 0 Å². The molecule has 0 aliphatic heterocycles. The molecule has 0 saturated heterocycles. The minimum absolute atomic E-state index is 0.263. The van der Waals surface area contributed by atoms with Crippen molar-refractivity contribution < 1.29 is 9.59 Å². The molecule has 54 heavy (non-hydrogen) atoms. The Kier molecular flexibility index (Phi) is 11.9. The molecule has 4 heterocycles. The van der Waals surface area contributed by atoms with Crippen molar-refractivity contribution in [3.63, 3.8) is 0 Å². The van der Waals surface area contributed by atoms with Gasteiger partial charge in [0.2, 0.25) is 11.6 Å². The van der Waals surface area contributed by atoms with Crippen LogP contribution in [0.15, 0.2) is 84.9 Å². The van der Waals surface area contributed by atoms with E-state index in [-0.39, 0.29) is 11.6 Å². The van der Waals surface area contributed by atoms with Gasteiger partial charge in [-0.3, -0.25) is 9.59 Å². The van der Waals surface area contributed by atoms with E-state index in [0.29, 0.717) is 0 Å². The van der Waals surface area contributed by atoms with E-state index < -0.39 is 11.8 Å². The Morgan fingerprint density at radius 2 is 0.759 bits per heavy atom. The van der Waals surface area contributed by atoms with Gasteiger partial charge in [0.05, 0.1) is 11.8 Å². The summed E-state index contributed by atoms with van der Waals surface area (Å²) < 4.78 is 0. The number of thiophene rings is 4. The maximum Gasteiger partial charge on any atom is 0.211 e. The number of rotatable bonds is 18. The van der Waals surface area contributed by atoms with Crippen LogP contribution in [0.2, 0.25) is 0 Å². The van der Waals surface area contributed by atoms with Crippen LogP contribution in [0.1, 0.15) is 135 Å². The monoisotopic (exact) mass is 786 g/mol. The number of hydrogen-bond donors (Lipinski definition) is 0. The molecule has 0 N–H and O–H groups in total. The second kappa shape index (κ2) is 17.2. The van der Waals surface area contributed by atoms with E-state index in [2.05, 4.69) is 98.8 Å². The Hall–Kier alpha value is -3.42. The van der Waals surface area contributed by atoms with Crippen LogP contribution in [0.3, 0.4) is 0 Å². The summed E-state index contributed by atoms with van der Waals surface area (Å²) in [5, 5.41) is 0. The number of aryl methyl sites for hydroxylation is 2. The molecular weight excluding hydrogens is 737 g/mol. The average molecular weight is 787 g/mol. The first-order valence-electron chi connectivity index (χ1n) is 20.3. The van der Waals surface area contributed by atoms with Gasteiger partial charge < -0.3 is 0 Å². The molecule has 0 saturated carbocycles. The van der Waals surface area contributed by atoms with Crippen LogP contribution in [-0.2, 0) is 22.4 Å². The minimum Gasteiger partial charge on any atom is -0.290 e. The number of benzene rings is 2. The van der Waals surface area contributed by atoms with E-state index >= 15 is 0 Å². The SMILES string of the molecule is CCCCCCCCc1ccc(-c2ccc(-c3ccc4c(c3)C3C(=O)C(=O)C4c4cc(-c5ccc(-c6ccc(CCCCCCCC)s6)s5)ccc43)s2)s1. The van der Waals surface area contributed by atoms with Crippen LogP contribution < -0.4 is 0 Å². The Bertz CT molecular complexity index is 2080. The van der Waals surface area contributed by atoms with Gasteiger partial charge in [-0.2, -0.15) is 0 Å². The highest BCUT2D eigenvalue weighted by Gasteiger charge is 2.49. The van der Waals surface area contributed by atoms with Crippen LogP contribution >= 0.6 is 45.3 Å². The molecule has 4 aromatic heterocycles. The molecule has 2 unspecified atom stereocenters. The zero-order valence-corrected chi connectivity index (χ0v) is 34.9. The molecule has 0 spiro atoms. The van der Waals surface area contributed by atoms with Crippen molar-refractivity contribution >= 4 is 56.9 Å². The Balaban J connectivity index is 0.967. The van der Waals surface area contributed by atoms with Gasteiger partial charge >= 0.3 is 0 Å². The van der Waals surface area contributed by atoms with Crippen LogP contribution in [-0.4, -0.2) is 11.6 Å². The van der Waals surface area contributed by atoms with Gasteiger partial charge in [0.25, 0.3) is 0 Å². The summed E-state index contributed by atoms with van der Waals surface area (Å²) in [7, 11) is 0. The smallest absolute Gasteiger partial charge is 0.211 e. The fourth-order valence-corrected chi connectivity index (χ4v) is 12.7. The first-order chi connectivity index (χ1) is 26.5. The van der Waals surface area contributed by atoms with Crippen LogP contribution in [0.5, 0.6) is 0 Å². The molecule has 2 nitrogen and oxygen atoms in total. The summed E-state index contributed by atoms with van der Waals surface area (Å²) in [4.78, 5) is 37.8. The lowest BCUT2D eigenvalue weighted by atomic mass is 9.62. The lowest BCUT2D eigenvalue weighted by molar-refractivity contribution is -0.138. The van der Waals surface area contributed by atoms with Gasteiger partial charge in [-0.1, -0.05) is 102 Å². The predicted octanol–water partition coefficient (Wildman–Crippen LogP) is 15.1. The van der Waals surface area contributed by atoms with E-state index in [0.717, 1.165) is 33.4 Å². The number of carbonyl (C=O) groups excluding carboxylic acids is 2. The number of ketones is 2. The Labute approximate surface area is 337 Å². The lowest BCUT2D eigenvalue weighted by Crippen LogP contribution is -2.40. The van der Waals surface area contributed by atoms with Crippen molar-refractivity contribution in [1.82, 2.24) is 0 Å². The standard InChI is InChI=1S/C48H50O2S4/c1-3-5-7-9-11-13-15-33-19-23-41(51-33)43-27-25-39(53-43)31-17-21-35-37(29-31)45-36-22-18-32(30-38(36)46(35)48(50)47(45)49)40-26-28-44(54-40)42-24-20-34(52-42)16-14-12-10-8-6-4-2/h17-30,45-46H,3-16H2,1-2H3. The summed E-state index contributed by atoms with van der Waals surface area (Å²) in [6.07, 6.45) is 18.2. The fraction of sp³-hybridized carbons (Fsp3) is 0.375. The summed E-state index contributed by atoms with van der Waals surface area (Å²) in [6, 6.07) is 31.0. The molecule has 2 bridgehead atoms. The van der Waals surface area contributed by atoms with Crippen molar-refractivity contribution in [2.75, 3.05) is 0 Å². The first kappa shape index (κ1) is 37.5. The molecule has 3 aliphatic carbocycles. The summed E-state index contributed by atoms with van der Waals surface area (Å²) in [5.74, 6) is -1.59. The molecular formula is C48H50O2S4. The second-order valence-electron chi connectivity index (χ2n) is 15.2. The second-order valence-corrected chi connectivity index (χ2v) is 19.7. The lowest BCUT2D eigenvalue weighted by Gasteiger charge is -2.38. The van der Waals surface area contributed by atoms with E-state index in [9.17, 15) is 9.59 Å². The van der Waals surface area contributed by atoms with Crippen molar-refractivity contribution in [2.45, 2.75) is 116 Å². The van der Waals surface area contributed by atoms with Gasteiger partial charge in [-0.05, 0) is 120 Å². The van der Waals surface area contributed by atoms with E-state index in [4.69, 9.17) is 0 Å². The van der Waals surface area contributed by atoms with Crippen LogP contribution in [0.4, 0.5) is 0 Å². The highest BCUT2D eigenvalue weighted by atomic mass is 32.1. The molecule has 2 atom stereocenters. The minimum atomic E-state index is -0.530. The number of Topliss-reactive ketones (excluding diaryl/α,β-unsaturated/α-hetero) is 2. The number of hydrogen-bond acceptors (Lipinski definition) is 6. The van der Waals surface area contributed by atoms with E-state index in [1.807, 2.05) is 45.3 Å². The third-order valence-electron chi connectivity index (χ3n) is 11.3. The number of carbonyl (C=O) groups is 2. The van der Waals surface area contributed by atoms with Crippen molar-refractivity contribution in [2.24, 2.45) is 0 Å². The molecule has 9 rings (SSSR count). The molecule has 0 amide bonds. The Morgan fingerprint density at radius 3 is 1.20 bits per heavy atom. The number of fused-ring (bicyclic) bond motifs is 1. The van der Waals surface area contributed by atoms with E-state index in [1.165, 1.54) is 129 Å². The molecule has 0 fully saturated rings. The predicted molar refractivity (Wildman–Crippen MR) is 234 cm³/mol. The van der Waals surface area contributed by atoms with Gasteiger partial charge in [-0.15, -0.1) is 45.3 Å². The highest BCUT2D eigenvalue weighted by molar-refractivity contribution is 7.24. The summed E-state index contributed by atoms with van der Waals surface area (Å²) in [5.41, 5.74) is 6.24. The van der Waals surface area contributed by atoms with Crippen LogP contribution in [0.25, 0.3) is 40.4 Å². The molecule has 6 aromatic rings. The van der Waals surface area contributed by atoms with Gasteiger partial charge in [0.15, 0.2) is 0 Å². The van der Waals surface area contributed by atoms with Crippen molar-refractivity contribution in [3.8, 4) is 40.4 Å². The molecule has 0 radical (unpaired) electrons. The van der Waals surface area contributed by atoms with Gasteiger partial charge in [0, 0.05) is 39.0 Å². The zero-order chi connectivity index (χ0) is 37.0. The zero-order valence-electron chi connectivity index (χ0n) is 31.6. The third kappa shape index (κ3) is 7.82. The van der Waals surface area contributed by atoms with Gasteiger partial charge in [0.1, 0.15) is 0 Å². The molecule has 2 aromatic carbocycles. The van der Waals surface area contributed by atoms with Gasteiger partial charge in [-0.25, -0.2) is 0 Å². The highest BCUT2D eigenvalue weighted by Crippen LogP contribution is 2.52. The Morgan fingerprint density at radius 1 is 0.389 bits per heavy atom. The molecule has 6 heteroatoms. The quantitative estimate of drug-likeness (QED) is 0.0642. The van der Waals surface area contributed by atoms with Crippen LogP contribution in [0, 0.1) is 0 Å². The molecule has 278 valence electrons. The largest absolute Gasteiger partial charge is 0.290 e. The van der Waals surface area contributed by atoms with Crippen molar-refractivity contribution in [1.29, 1.82) is 0 Å².